The Hall–Kier alpha value is -0.860. The second kappa shape index (κ2) is 6.35. The van der Waals surface area contributed by atoms with Crippen LogP contribution in [0.25, 0.3) is 0 Å². The van der Waals surface area contributed by atoms with Crippen molar-refractivity contribution >= 4 is 0 Å². The molecule has 0 unspecified atom stereocenters. The maximum Gasteiger partial charge on any atom is 0.0236 e. The Morgan fingerprint density at radius 2 is 1.89 bits per heavy atom. The number of rotatable bonds is 7. The quantitative estimate of drug-likeness (QED) is 0.796. The van der Waals surface area contributed by atoms with Crippen LogP contribution in [-0.4, -0.2) is 30.6 Å². The summed E-state index contributed by atoms with van der Waals surface area (Å²) in [6, 6.07) is 10.3. The molecule has 2 heteroatoms. The van der Waals surface area contributed by atoms with E-state index in [-0.39, 0.29) is 0 Å². The van der Waals surface area contributed by atoms with Crippen molar-refractivity contribution in [3.63, 3.8) is 0 Å². The fourth-order valence-corrected chi connectivity index (χ4v) is 2.36. The third kappa shape index (κ3) is 4.11. The third-order valence-electron chi connectivity index (χ3n) is 3.66. The molecule has 1 aromatic rings. The normalized spacial score (nSPS) is 15.6. The smallest absolute Gasteiger partial charge is 0.0236 e. The number of hydrogen-bond donors (Lipinski definition) is 1. The largest absolute Gasteiger partial charge is 0.314 e. The van der Waals surface area contributed by atoms with Crippen molar-refractivity contribution in [2.75, 3.05) is 13.6 Å². The molecular weight excluding hydrogens is 220 g/mol. The molecule has 2 rings (SSSR count). The number of benzene rings is 1. The standard InChI is InChI=1S/C16H26N2/c1-13(2)17-11-10-14-6-4-5-7-15(14)12-18(3)16-8-9-16/h4-7,13,16-17H,8-12H2,1-3H3. The lowest BCUT2D eigenvalue weighted by molar-refractivity contribution is 0.315. The predicted molar refractivity (Wildman–Crippen MR) is 77.8 cm³/mol. The van der Waals surface area contributed by atoms with Gasteiger partial charge in [0.2, 0.25) is 0 Å². The van der Waals surface area contributed by atoms with Crippen LogP contribution < -0.4 is 5.32 Å². The fraction of sp³-hybridized carbons (Fsp3) is 0.625. The molecule has 1 fully saturated rings. The van der Waals surface area contributed by atoms with E-state index in [1.807, 2.05) is 0 Å². The lowest BCUT2D eigenvalue weighted by Gasteiger charge is -2.18. The van der Waals surface area contributed by atoms with E-state index < -0.39 is 0 Å². The average Bonchev–Trinajstić information content (AvgIpc) is 3.14. The molecule has 0 spiro atoms. The molecule has 1 aliphatic rings. The van der Waals surface area contributed by atoms with Crippen LogP contribution in [0.4, 0.5) is 0 Å². The zero-order valence-electron chi connectivity index (χ0n) is 11.9. The number of nitrogens with zero attached hydrogens (tertiary/aromatic N) is 1. The molecule has 1 aliphatic carbocycles. The monoisotopic (exact) mass is 246 g/mol. The molecule has 0 radical (unpaired) electrons. The summed E-state index contributed by atoms with van der Waals surface area (Å²) in [6.07, 6.45) is 3.90. The van der Waals surface area contributed by atoms with Gasteiger partial charge in [-0.2, -0.15) is 0 Å². The summed E-state index contributed by atoms with van der Waals surface area (Å²) in [5.41, 5.74) is 3.00. The first-order valence-corrected chi connectivity index (χ1v) is 7.17. The van der Waals surface area contributed by atoms with Crippen LogP contribution in [0, 0.1) is 0 Å². The predicted octanol–water partition coefficient (Wildman–Crippen LogP) is 2.82. The van der Waals surface area contributed by atoms with Gasteiger partial charge in [0.25, 0.3) is 0 Å². The topological polar surface area (TPSA) is 15.3 Å². The summed E-state index contributed by atoms with van der Waals surface area (Å²) in [5, 5.41) is 3.50. The van der Waals surface area contributed by atoms with Gasteiger partial charge in [0, 0.05) is 18.6 Å². The van der Waals surface area contributed by atoms with Gasteiger partial charge < -0.3 is 5.32 Å². The van der Waals surface area contributed by atoms with Gasteiger partial charge in [0.15, 0.2) is 0 Å². The highest BCUT2D eigenvalue weighted by molar-refractivity contribution is 5.27. The summed E-state index contributed by atoms with van der Waals surface area (Å²) < 4.78 is 0. The van der Waals surface area contributed by atoms with E-state index >= 15 is 0 Å². The van der Waals surface area contributed by atoms with Crippen LogP contribution in [0.5, 0.6) is 0 Å². The second-order valence-corrected chi connectivity index (χ2v) is 5.77. The minimum absolute atomic E-state index is 0.575. The first-order chi connectivity index (χ1) is 8.66. The summed E-state index contributed by atoms with van der Waals surface area (Å²) >= 11 is 0. The second-order valence-electron chi connectivity index (χ2n) is 5.77. The molecular formula is C16H26N2. The molecule has 1 aromatic carbocycles. The van der Waals surface area contributed by atoms with Crippen molar-refractivity contribution in [1.82, 2.24) is 10.2 Å². The molecule has 1 N–H and O–H groups in total. The Morgan fingerprint density at radius 3 is 2.50 bits per heavy atom. The molecule has 0 saturated heterocycles. The minimum Gasteiger partial charge on any atom is -0.314 e. The van der Waals surface area contributed by atoms with Crippen LogP contribution >= 0.6 is 0 Å². The van der Waals surface area contributed by atoms with E-state index in [0.717, 1.165) is 25.6 Å². The summed E-state index contributed by atoms with van der Waals surface area (Å²) in [6.45, 7) is 6.57. The van der Waals surface area contributed by atoms with Crippen LogP contribution in [-0.2, 0) is 13.0 Å². The van der Waals surface area contributed by atoms with Gasteiger partial charge in [0.1, 0.15) is 0 Å². The van der Waals surface area contributed by atoms with Gasteiger partial charge >= 0.3 is 0 Å². The molecule has 0 heterocycles. The zero-order chi connectivity index (χ0) is 13.0. The molecule has 0 amide bonds. The van der Waals surface area contributed by atoms with Crippen molar-refractivity contribution in [2.45, 2.75) is 51.7 Å². The van der Waals surface area contributed by atoms with Crippen molar-refractivity contribution in [1.29, 1.82) is 0 Å². The molecule has 0 aromatic heterocycles. The van der Waals surface area contributed by atoms with Crippen LogP contribution in [0.1, 0.15) is 37.8 Å². The van der Waals surface area contributed by atoms with Crippen molar-refractivity contribution < 1.29 is 0 Å². The average molecular weight is 246 g/mol. The van der Waals surface area contributed by atoms with E-state index in [4.69, 9.17) is 0 Å². The van der Waals surface area contributed by atoms with Gasteiger partial charge in [-0.15, -0.1) is 0 Å². The fourth-order valence-electron chi connectivity index (χ4n) is 2.36. The molecule has 0 aliphatic heterocycles. The molecule has 2 nitrogen and oxygen atoms in total. The molecule has 0 bridgehead atoms. The molecule has 100 valence electrons. The van der Waals surface area contributed by atoms with Crippen LogP contribution in [0.2, 0.25) is 0 Å². The maximum atomic E-state index is 3.50. The Balaban J connectivity index is 1.91. The zero-order valence-corrected chi connectivity index (χ0v) is 11.9. The van der Waals surface area contributed by atoms with Crippen molar-refractivity contribution in [3.05, 3.63) is 35.4 Å². The third-order valence-corrected chi connectivity index (χ3v) is 3.66. The maximum absolute atomic E-state index is 3.50. The molecule has 0 atom stereocenters. The van der Waals surface area contributed by atoms with Crippen molar-refractivity contribution in [2.24, 2.45) is 0 Å². The number of nitrogens with one attached hydrogen (secondary N) is 1. The lowest BCUT2D eigenvalue weighted by atomic mass is 10.0. The van der Waals surface area contributed by atoms with Gasteiger partial charge in [0.05, 0.1) is 0 Å². The highest BCUT2D eigenvalue weighted by Crippen LogP contribution is 2.27. The highest BCUT2D eigenvalue weighted by atomic mass is 15.1. The Bertz CT molecular complexity index is 369. The van der Waals surface area contributed by atoms with Gasteiger partial charge in [-0.05, 0) is 44.0 Å². The van der Waals surface area contributed by atoms with Gasteiger partial charge in [-0.25, -0.2) is 0 Å². The molecule has 1 saturated carbocycles. The van der Waals surface area contributed by atoms with E-state index in [9.17, 15) is 0 Å². The lowest BCUT2D eigenvalue weighted by Crippen LogP contribution is -2.26. The summed E-state index contributed by atoms with van der Waals surface area (Å²) in [4.78, 5) is 2.49. The Morgan fingerprint density at radius 1 is 1.22 bits per heavy atom. The van der Waals surface area contributed by atoms with Crippen molar-refractivity contribution in [3.8, 4) is 0 Å². The summed E-state index contributed by atoms with van der Waals surface area (Å²) in [5.74, 6) is 0. The Kier molecular flexibility index (Phi) is 4.79. The Labute approximate surface area is 111 Å². The van der Waals surface area contributed by atoms with E-state index in [1.165, 1.54) is 24.0 Å². The minimum atomic E-state index is 0.575. The van der Waals surface area contributed by atoms with Gasteiger partial charge in [-0.3, -0.25) is 4.90 Å². The first-order valence-electron chi connectivity index (χ1n) is 7.17. The van der Waals surface area contributed by atoms with E-state index in [1.54, 1.807) is 0 Å². The first kappa shape index (κ1) is 13.6. The number of hydrogen-bond acceptors (Lipinski definition) is 2. The highest BCUT2D eigenvalue weighted by Gasteiger charge is 2.26. The SMILES string of the molecule is CC(C)NCCc1ccccc1CN(C)C1CC1. The van der Waals surface area contributed by atoms with E-state index in [0.29, 0.717) is 6.04 Å². The molecule has 18 heavy (non-hydrogen) atoms. The van der Waals surface area contributed by atoms with Crippen LogP contribution in [0.15, 0.2) is 24.3 Å². The van der Waals surface area contributed by atoms with E-state index in [2.05, 4.69) is 55.4 Å². The van der Waals surface area contributed by atoms with Crippen LogP contribution in [0.3, 0.4) is 0 Å². The summed E-state index contributed by atoms with van der Waals surface area (Å²) in [7, 11) is 2.25. The van der Waals surface area contributed by atoms with Gasteiger partial charge in [-0.1, -0.05) is 38.1 Å².